The van der Waals surface area contributed by atoms with Crippen LogP contribution < -0.4 is 15.0 Å². The molecule has 1 N–H and O–H groups in total. The van der Waals surface area contributed by atoms with Gasteiger partial charge in [0.1, 0.15) is 12.5 Å². The maximum atomic E-state index is 12.3. The highest BCUT2D eigenvalue weighted by Gasteiger charge is 2.19. The molecule has 0 saturated carbocycles. The number of nitrogens with zero attached hydrogens (tertiary/aromatic N) is 6. The molecule has 1 aliphatic heterocycles. The molecule has 0 unspecified atom stereocenters. The predicted molar refractivity (Wildman–Crippen MR) is 125 cm³/mol. The van der Waals surface area contributed by atoms with Crippen molar-refractivity contribution < 1.29 is 9.13 Å². The van der Waals surface area contributed by atoms with Crippen LogP contribution in [0.1, 0.15) is 17.5 Å². The molecule has 0 atom stereocenters. The van der Waals surface area contributed by atoms with Crippen molar-refractivity contribution in [2.24, 2.45) is 0 Å². The third-order valence-electron chi connectivity index (χ3n) is 6.00. The van der Waals surface area contributed by atoms with Crippen molar-refractivity contribution in [1.82, 2.24) is 30.0 Å². The van der Waals surface area contributed by atoms with Crippen LogP contribution in [0.25, 0.3) is 16.7 Å². The number of likely N-dealkylation sites (N-methyl/N-ethyl adjacent to an activating group) is 1. The van der Waals surface area contributed by atoms with Gasteiger partial charge in [0.2, 0.25) is 0 Å². The lowest BCUT2D eigenvalue weighted by Gasteiger charge is -2.33. The van der Waals surface area contributed by atoms with Crippen LogP contribution in [0.4, 0.5) is 10.2 Å². The van der Waals surface area contributed by atoms with E-state index in [1.807, 2.05) is 16.9 Å². The number of aryl methyl sites for hydroxylation is 2. The number of rotatable bonds is 9. The summed E-state index contributed by atoms with van der Waals surface area (Å²) in [7, 11) is 3.72. The summed E-state index contributed by atoms with van der Waals surface area (Å²) >= 11 is 0. The molecule has 0 radical (unpaired) electrons. The van der Waals surface area contributed by atoms with E-state index in [1.165, 1.54) is 11.1 Å². The zero-order valence-corrected chi connectivity index (χ0v) is 19.1. The second kappa shape index (κ2) is 10.2. The molecule has 1 aliphatic rings. The van der Waals surface area contributed by atoms with Gasteiger partial charge in [-0.1, -0.05) is 0 Å². The molecule has 9 heteroatoms. The van der Waals surface area contributed by atoms with Crippen molar-refractivity contribution in [2.75, 3.05) is 65.0 Å². The average Bonchev–Trinajstić information content (AvgIpc) is 3.21. The maximum Gasteiger partial charge on any atom is 0.320 e. The molecule has 1 fully saturated rings. The number of ether oxygens (including phenoxy) is 1. The van der Waals surface area contributed by atoms with Gasteiger partial charge in [0.25, 0.3) is 0 Å². The number of piperazine rings is 1. The normalized spacial score (nSPS) is 14.9. The zero-order valence-electron chi connectivity index (χ0n) is 19.1. The number of alkyl halides is 1. The molecule has 0 bridgehead atoms. The molecule has 3 heterocycles. The van der Waals surface area contributed by atoms with Crippen molar-refractivity contribution in [1.29, 1.82) is 0 Å². The van der Waals surface area contributed by atoms with Gasteiger partial charge in [-0.3, -0.25) is 0 Å². The predicted octanol–water partition coefficient (Wildman–Crippen LogP) is 2.38. The highest BCUT2D eigenvalue weighted by molar-refractivity contribution is 5.82. The van der Waals surface area contributed by atoms with E-state index >= 15 is 0 Å². The molecular weight excluding hydrogens is 409 g/mol. The number of hydrogen-bond donors (Lipinski definition) is 1. The molecule has 0 spiro atoms. The largest absolute Gasteiger partial charge is 0.467 e. The SMILES string of the molecule is COc1nc(N2CCN(C)CC2)cc(-n2ncc3cc(C)c(CCCNCCF)cc32)n1. The first-order valence-corrected chi connectivity index (χ1v) is 11.2. The fraction of sp³-hybridized carbons (Fsp3) is 0.522. The summed E-state index contributed by atoms with van der Waals surface area (Å²) in [6.07, 6.45) is 3.75. The van der Waals surface area contributed by atoms with E-state index in [-0.39, 0.29) is 6.67 Å². The summed E-state index contributed by atoms with van der Waals surface area (Å²) < 4.78 is 19.6. The average molecular weight is 442 g/mol. The number of fused-ring (bicyclic) bond motifs is 1. The fourth-order valence-electron chi connectivity index (χ4n) is 4.08. The van der Waals surface area contributed by atoms with Gasteiger partial charge in [-0.2, -0.15) is 15.1 Å². The van der Waals surface area contributed by atoms with Gasteiger partial charge in [0, 0.05) is 44.2 Å². The topological polar surface area (TPSA) is 71.3 Å². The van der Waals surface area contributed by atoms with Gasteiger partial charge in [-0.05, 0) is 56.6 Å². The number of nitrogens with one attached hydrogen (secondary N) is 1. The Bertz CT molecular complexity index is 1050. The van der Waals surface area contributed by atoms with E-state index in [1.54, 1.807) is 7.11 Å². The van der Waals surface area contributed by atoms with E-state index in [0.717, 1.165) is 62.3 Å². The van der Waals surface area contributed by atoms with Gasteiger partial charge in [0.15, 0.2) is 5.82 Å². The van der Waals surface area contributed by atoms with Gasteiger partial charge >= 0.3 is 6.01 Å². The van der Waals surface area contributed by atoms with Crippen LogP contribution in [0, 0.1) is 6.92 Å². The Kier molecular flexibility index (Phi) is 7.16. The van der Waals surface area contributed by atoms with Crippen LogP contribution in [0.15, 0.2) is 24.4 Å². The second-order valence-electron chi connectivity index (χ2n) is 8.30. The second-order valence-corrected chi connectivity index (χ2v) is 8.30. The van der Waals surface area contributed by atoms with Gasteiger partial charge in [0.05, 0.1) is 18.8 Å². The molecule has 0 amide bonds. The van der Waals surface area contributed by atoms with Crippen LogP contribution in [0.3, 0.4) is 0 Å². The van der Waals surface area contributed by atoms with Crippen molar-refractivity contribution in [3.8, 4) is 11.8 Å². The molecule has 2 aromatic heterocycles. The maximum absolute atomic E-state index is 12.3. The van der Waals surface area contributed by atoms with E-state index in [4.69, 9.17) is 4.74 Å². The lowest BCUT2D eigenvalue weighted by atomic mass is 10.0. The molecule has 8 nitrogen and oxygen atoms in total. The molecule has 3 aromatic rings. The standard InChI is InChI=1S/C23H32FN7O/c1-17-13-19-16-26-31(20(19)14-18(17)5-4-7-25-8-6-24)22-15-21(27-23(28-22)32-3)30-11-9-29(2)10-12-30/h13-16,25H,4-12H2,1-3H3. The molecule has 4 rings (SSSR count). The Morgan fingerprint density at radius 2 is 1.84 bits per heavy atom. The number of hydrogen-bond acceptors (Lipinski definition) is 7. The summed E-state index contributed by atoms with van der Waals surface area (Å²) in [4.78, 5) is 13.7. The quantitative estimate of drug-likeness (QED) is 0.511. The number of benzene rings is 1. The number of methoxy groups -OCH3 is 1. The summed E-state index contributed by atoms with van der Waals surface area (Å²) in [5, 5.41) is 8.82. The lowest BCUT2D eigenvalue weighted by molar-refractivity contribution is 0.311. The van der Waals surface area contributed by atoms with Crippen LogP contribution in [0.5, 0.6) is 6.01 Å². The smallest absolute Gasteiger partial charge is 0.320 e. The Morgan fingerprint density at radius 1 is 1.06 bits per heavy atom. The monoisotopic (exact) mass is 441 g/mol. The van der Waals surface area contributed by atoms with Crippen LogP contribution >= 0.6 is 0 Å². The zero-order chi connectivity index (χ0) is 22.5. The Morgan fingerprint density at radius 3 is 2.59 bits per heavy atom. The number of anilines is 1. The summed E-state index contributed by atoms with van der Waals surface area (Å²) in [6, 6.07) is 6.69. The molecule has 172 valence electrons. The van der Waals surface area contributed by atoms with Gasteiger partial charge in [-0.15, -0.1) is 0 Å². The van der Waals surface area contributed by atoms with Gasteiger partial charge < -0.3 is 19.9 Å². The minimum atomic E-state index is -0.331. The highest BCUT2D eigenvalue weighted by Crippen LogP contribution is 2.25. The van der Waals surface area contributed by atoms with E-state index in [2.05, 4.69) is 56.3 Å². The first-order valence-electron chi connectivity index (χ1n) is 11.2. The Balaban J connectivity index is 1.63. The number of halogens is 1. The fourth-order valence-corrected chi connectivity index (χ4v) is 4.08. The Labute approximate surface area is 188 Å². The molecular formula is C23H32FN7O. The van der Waals surface area contributed by atoms with Gasteiger partial charge in [-0.25, -0.2) is 9.07 Å². The summed E-state index contributed by atoms with van der Waals surface area (Å²) in [5.41, 5.74) is 3.51. The minimum Gasteiger partial charge on any atom is -0.467 e. The van der Waals surface area contributed by atoms with Crippen molar-refractivity contribution in [2.45, 2.75) is 19.8 Å². The van der Waals surface area contributed by atoms with Crippen LogP contribution in [-0.4, -0.2) is 84.7 Å². The third kappa shape index (κ3) is 4.99. The van der Waals surface area contributed by atoms with E-state index in [9.17, 15) is 4.39 Å². The van der Waals surface area contributed by atoms with Crippen molar-refractivity contribution in [3.05, 3.63) is 35.5 Å². The first kappa shape index (κ1) is 22.4. The number of aromatic nitrogens is 4. The van der Waals surface area contributed by atoms with E-state index in [0.29, 0.717) is 18.4 Å². The Hall–Kier alpha value is -2.78. The lowest BCUT2D eigenvalue weighted by Crippen LogP contribution is -2.44. The third-order valence-corrected chi connectivity index (χ3v) is 6.00. The van der Waals surface area contributed by atoms with E-state index < -0.39 is 0 Å². The minimum absolute atomic E-state index is 0.331. The van der Waals surface area contributed by atoms with Crippen molar-refractivity contribution in [3.63, 3.8) is 0 Å². The molecule has 1 aromatic carbocycles. The highest BCUT2D eigenvalue weighted by atomic mass is 19.1. The molecule has 1 saturated heterocycles. The first-order chi connectivity index (χ1) is 15.6. The van der Waals surface area contributed by atoms with Crippen LogP contribution in [-0.2, 0) is 6.42 Å². The summed E-state index contributed by atoms with van der Waals surface area (Å²) in [6.45, 7) is 6.83. The molecule has 32 heavy (non-hydrogen) atoms. The molecule has 0 aliphatic carbocycles. The van der Waals surface area contributed by atoms with Crippen LogP contribution in [0.2, 0.25) is 0 Å². The van der Waals surface area contributed by atoms with Crippen molar-refractivity contribution >= 4 is 16.7 Å². The summed E-state index contributed by atoms with van der Waals surface area (Å²) in [5.74, 6) is 1.55.